The fourth-order valence-corrected chi connectivity index (χ4v) is 2.10. The van der Waals surface area contributed by atoms with Gasteiger partial charge in [0.05, 0.1) is 16.2 Å². The van der Waals surface area contributed by atoms with Gasteiger partial charge in [0.1, 0.15) is 0 Å². The molecule has 0 fully saturated rings. The number of nitrogens with one attached hydrogen (secondary N) is 1. The molecule has 0 radical (unpaired) electrons. The Bertz CT molecular complexity index is 750. The van der Waals surface area contributed by atoms with E-state index in [1.165, 1.54) is 12.1 Å². The van der Waals surface area contributed by atoms with Crippen LogP contribution in [0.3, 0.4) is 0 Å². The number of benzene rings is 2. The predicted octanol–water partition coefficient (Wildman–Crippen LogP) is 2.40. The van der Waals surface area contributed by atoms with Crippen molar-refractivity contribution >= 4 is 23.1 Å². The molecule has 2 aromatic rings. The van der Waals surface area contributed by atoms with Gasteiger partial charge in [-0.2, -0.15) is 0 Å². The van der Waals surface area contributed by atoms with Crippen LogP contribution in [0.15, 0.2) is 42.5 Å². The minimum Gasteiger partial charge on any atom is -0.318 e. The number of carbonyl (C=O) groups is 2. The molecule has 1 aliphatic heterocycles. The van der Waals surface area contributed by atoms with E-state index in [2.05, 4.69) is 5.32 Å². The quantitative estimate of drug-likeness (QED) is 0.514. The summed E-state index contributed by atoms with van der Waals surface area (Å²) in [6.07, 6.45) is 0. The lowest BCUT2D eigenvalue weighted by atomic mass is 10.0. The highest BCUT2D eigenvalue weighted by Gasteiger charge is 2.27. The third kappa shape index (κ3) is 1.83. The van der Waals surface area contributed by atoms with Gasteiger partial charge in [0, 0.05) is 12.1 Å². The van der Waals surface area contributed by atoms with E-state index < -0.39 is 16.6 Å². The molecule has 1 heterocycles. The molecule has 0 saturated carbocycles. The lowest BCUT2D eigenvalue weighted by Crippen LogP contribution is -2.12. The number of non-ortho nitro benzene ring substituents is 1. The van der Waals surface area contributed by atoms with Crippen molar-refractivity contribution in [2.45, 2.75) is 0 Å². The van der Waals surface area contributed by atoms with Gasteiger partial charge in [-0.15, -0.1) is 0 Å². The minimum atomic E-state index is -0.638. The summed E-state index contributed by atoms with van der Waals surface area (Å²) in [6.45, 7) is 0. The van der Waals surface area contributed by atoms with Crippen LogP contribution in [-0.4, -0.2) is 16.6 Å². The Kier molecular flexibility index (Phi) is 2.57. The van der Waals surface area contributed by atoms with Crippen LogP contribution in [0.1, 0.15) is 10.4 Å². The number of rotatable bonds is 2. The normalized spacial score (nSPS) is 13.0. The van der Waals surface area contributed by atoms with Crippen molar-refractivity contribution < 1.29 is 14.5 Å². The van der Waals surface area contributed by atoms with Crippen LogP contribution in [0.4, 0.5) is 11.4 Å². The molecule has 0 bridgehead atoms. The van der Waals surface area contributed by atoms with Gasteiger partial charge in [-0.25, -0.2) is 0 Å². The van der Waals surface area contributed by atoms with E-state index in [9.17, 15) is 19.7 Å². The second-order valence-electron chi connectivity index (χ2n) is 4.35. The fourth-order valence-electron chi connectivity index (χ4n) is 2.10. The maximum Gasteiger partial charge on any atom is 0.296 e. The molecule has 0 aliphatic carbocycles. The Balaban J connectivity index is 2.02. The van der Waals surface area contributed by atoms with Crippen molar-refractivity contribution in [3.05, 3.63) is 58.1 Å². The second kappa shape index (κ2) is 4.27. The molecule has 2 aromatic carbocycles. The Hall–Kier alpha value is -3.02. The molecule has 20 heavy (non-hydrogen) atoms. The Morgan fingerprint density at radius 3 is 2.25 bits per heavy atom. The summed E-state index contributed by atoms with van der Waals surface area (Å²) < 4.78 is 0. The molecule has 6 nitrogen and oxygen atoms in total. The molecular weight excluding hydrogens is 260 g/mol. The monoisotopic (exact) mass is 268 g/mol. The SMILES string of the molecule is O=C1Nc2ccc(-c3ccc([N+](=O)[O-])cc3)cc2C1=O. The van der Waals surface area contributed by atoms with Gasteiger partial charge in [-0.05, 0) is 35.4 Å². The van der Waals surface area contributed by atoms with Gasteiger partial charge in [0.15, 0.2) is 0 Å². The third-order valence-electron chi connectivity index (χ3n) is 3.13. The lowest BCUT2D eigenvalue weighted by molar-refractivity contribution is -0.384. The number of nitro groups is 1. The van der Waals surface area contributed by atoms with Gasteiger partial charge in [-0.1, -0.05) is 6.07 Å². The molecule has 0 atom stereocenters. The highest BCUT2D eigenvalue weighted by atomic mass is 16.6. The number of hydrogen-bond acceptors (Lipinski definition) is 4. The second-order valence-corrected chi connectivity index (χ2v) is 4.35. The topological polar surface area (TPSA) is 89.3 Å². The Labute approximate surface area is 113 Å². The third-order valence-corrected chi connectivity index (χ3v) is 3.13. The largest absolute Gasteiger partial charge is 0.318 e. The van der Waals surface area contributed by atoms with Gasteiger partial charge >= 0.3 is 0 Å². The first-order valence-corrected chi connectivity index (χ1v) is 5.81. The van der Waals surface area contributed by atoms with E-state index in [1.807, 2.05) is 0 Å². The zero-order chi connectivity index (χ0) is 14.3. The summed E-state index contributed by atoms with van der Waals surface area (Å²) >= 11 is 0. The number of hydrogen-bond donors (Lipinski definition) is 1. The number of nitro benzene ring substituents is 1. The van der Waals surface area contributed by atoms with Crippen molar-refractivity contribution in [3.8, 4) is 11.1 Å². The van der Waals surface area contributed by atoms with E-state index in [1.54, 1.807) is 30.3 Å². The van der Waals surface area contributed by atoms with Crippen LogP contribution in [0.2, 0.25) is 0 Å². The number of fused-ring (bicyclic) bond motifs is 1. The molecule has 0 saturated heterocycles. The van der Waals surface area contributed by atoms with Gasteiger partial charge in [0.2, 0.25) is 0 Å². The van der Waals surface area contributed by atoms with E-state index >= 15 is 0 Å². The predicted molar refractivity (Wildman–Crippen MR) is 71.5 cm³/mol. The summed E-state index contributed by atoms with van der Waals surface area (Å²) in [5.74, 6) is -1.20. The van der Waals surface area contributed by atoms with Crippen LogP contribution in [-0.2, 0) is 4.79 Å². The summed E-state index contributed by atoms with van der Waals surface area (Å²) in [5.41, 5.74) is 2.29. The summed E-state index contributed by atoms with van der Waals surface area (Å²) in [7, 11) is 0. The molecule has 3 rings (SSSR count). The Morgan fingerprint density at radius 1 is 0.950 bits per heavy atom. The zero-order valence-corrected chi connectivity index (χ0v) is 10.1. The van der Waals surface area contributed by atoms with Crippen LogP contribution < -0.4 is 5.32 Å². The smallest absolute Gasteiger partial charge is 0.296 e. The first-order valence-electron chi connectivity index (χ1n) is 5.81. The number of ketones is 1. The van der Waals surface area contributed by atoms with Gasteiger partial charge < -0.3 is 5.32 Å². The highest BCUT2D eigenvalue weighted by Crippen LogP contribution is 2.29. The zero-order valence-electron chi connectivity index (χ0n) is 10.1. The van der Waals surface area contributed by atoms with Crippen molar-refractivity contribution in [1.82, 2.24) is 0 Å². The molecular formula is C14H8N2O4. The maximum atomic E-state index is 11.6. The molecule has 0 spiro atoms. The maximum absolute atomic E-state index is 11.6. The van der Waals surface area contributed by atoms with Crippen LogP contribution >= 0.6 is 0 Å². The number of nitrogens with zero attached hydrogens (tertiary/aromatic N) is 1. The standard InChI is InChI=1S/C14H8N2O4/c17-13-11-7-9(3-6-12(11)15-14(13)18)8-1-4-10(5-2-8)16(19)20/h1-7H,(H,15,17,18). The molecule has 6 heteroatoms. The van der Waals surface area contributed by atoms with Crippen LogP contribution in [0, 0.1) is 10.1 Å². The molecule has 1 N–H and O–H groups in total. The highest BCUT2D eigenvalue weighted by molar-refractivity contribution is 6.51. The molecule has 1 amide bonds. The number of amides is 1. The summed E-state index contributed by atoms with van der Waals surface area (Å²) in [5, 5.41) is 13.1. The minimum absolute atomic E-state index is 0.00262. The van der Waals surface area contributed by atoms with E-state index in [4.69, 9.17) is 0 Å². The average Bonchev–Trinajstić information content (AvgIpc) is 2.74. The van der Waals surface area contributed by atoms with Crippen molar-refractivity contribution in [2.24, 2.45) is 0 Å². The van der Waals surface area contributed by atoms with E-state index in [-0.39, 0.29) is 5.69 Å². The van der Waals surface area contributed by atoms with Gasteiger partial charge in [0.25, 0.3) is 17.4 Å². The molecule has 0 unspecified atom stereocenters. The summed E-state index contributed by atoms with van der Waals surface area (Å²) in [4.78, 5) is 33.0. The van der Waals surface area contributed by atoms with Gasteiger partial charge in [-0.3, -0.25) is 19.7 Å². The summed E-state index contributed by atoms with van der Waals surface area (Å²) in [6, 6.07) is 11.0. The van der Waals surface area contributed by atoms with Crippen molar-refractivity contribution in [2.75, 3.05) is 5.32 Å². The number of Topliss-reactive ketones (excluding diaryl/α,β-unsaturated/α-hetero) is 1. The first kappa shape index (κ1) is 12.0. The molecule has 0 aromatic heterocycles. The number of anilines is 1. The molecule has 1 aliphatic rings. The van der Waals surface area contributed by atoms with E-state index in [0.29, 0.717) is 11.3 Å². The number of carbonyl (C=O) groups excluding carboxylic acids is 2. The van der Waals surface area contributed by atoms with Crippen LogP contribution in [0.25, 0.3) is 11.1 Å². The van der Waals surface area contributed by atoms with E-state index in [0.717, 1.165) is 11.1 Å². The lowest BCUT2D eigenvalue weighted by Gasteiger charge is -2.03. The molecule has 98 valence electrons. The first-order chi connectivity index (χ1) is 9.56. The van der Waals surface area contributed by atoms with Crippen molar-refractivity contribution in [3.63, 3.8) is 0 Å². The fraction of sp³-hybridized carbons (Fsp3) is 0. The van der Waals surface area contributed by atoms with Crippen LogP contribution in [0.5, 0.6) is 0 Å². The van der Waals surface area contributed by atoms with Crippen molar-refractivity contribution in [1.29, 1.82) is 0 Å². The average molecular weight is 268 g/mol. The Morgan fingerprint density at radius 2 is 1.60 bits per heavy atom.